The van der Waals surface area contributed by atoms with Gasteiger partial charge in [-0.05, 0) is 31.0 Å². The highest BCUT2D eigenvalue weighted by atomic mass is 19.2. The van der Waals surface area contributed by atoms with Crippen LogP contribution in [0.2, 0.25) is 0 Å². The van der Waals surface area contributed by atoms with Crippen LogP contribution in [-0.2, 0) is 11.3 Å². The lowest BCUT2D eigenvalue weighted by Gasteiger charge is -2.31. The molecule has 0 radical (unpaired) electrons. The third kappa shape index (κ3) is 4.43. The first-order chi connectivity index (χ1) is 14.1. The van der Waals surface area contributed by atoms with Crippen molar-refractivity contribution in [3.05, 3.63) is 59.9 Å². The number of ether oxygens (including phenoxy) is 1. The molecule has 3 aromatic rings. The SMILES string of the molecule is O=C(c1ccc(F)c(F)c1)N1CCC(OCc2nc(-c3cnccn3)no2)CC1. The van der Waals surface area contributed by atoms with Crippen molar-refractivity contribution in [2.24, 2.45) is 0 Å². The third-order valence-corrected chi connectivity index (χ3v) is 4.60. The molecule has 0 N–H and O–H groups in total. The third-order valence-electron chi connectivity index (χ3n) is 4.60. The summed E-state index contributed by atoms with van der Waals surface area (Å²) >= 11 is 0. The molecular formula is C19H17F2N5O3. The lowest BCUT2D eigenvalue weighted by atomic mass is 10.1. The predicted octanol–water partition coefficient (Wildman–Crippen LogP) is 2.63. The molecule has 0 atom stereocenters. The Hall–Kier alpha value is -3.27. The number of hydrogen-bond donors (Lipinski definition) is 0. The standard InChI is InChI=1S/C19H17F2N5O3/c20-14-2-1-12(9-15(14)21)19(27)26-7-3-13(4-8-26)28-11-17-24-18(25-29-17)16-10-22-5-6-23-16/h1-2,5-6,9-10,13H,3-4,7-8,11H2. The molecule has 1 aliphatic rings. The van der Waals surface area contributed by atoms with Gasteiger partial charge < -0.3 is 14.2 Å². The van der Waals surface area contributed by atoms with E-state index in [2.05, 4.69) is 20.1 Å². The van der Waals surface area contributed by atoms with Gasteiger partial charge in [0.2, 0.25) is 5.82 Å². The van der Waals surface area contributed by atoms with E-state index >= 15 is 0 Å². The number of piperidine rings is 1. The molecule has 4 rings (SSSR count). The van der Waals surface area contributed by atoms with E-state index in [9.17, 15) is 13.6 Å². The van der Waals surface area contributed by atoms with Crippen molar-refractivity contribution in [2.75, 3.05) is 13.1 Å². The van der Waals surface area contributed by atoms with Gasteiger partial charge in [0.15, 0.2) is 11.6 Å². The number of hydrogen-bond acceptors (Lipinski definition) is 7. The number of carbonyl (C=O) groups excluding carboxylic acids is 1. The number of amides is 1. The summed E-state index contributed by atoms with van der Waals surface area (Å²) in [5.74, 6) is -1.67. The molecule has 1 aliphatic heterocycles. The van der Waals surface area contributed by atoms with Gasteiger partial charge >= 0.3 is 0 Å². The van der Waals surface area contributed by atoms with E-state index in [1.165, 1.54) is 18.5 Å². The summed E-state index contributed by atoms with van der Waals surface area (Å²) in [6.07, 6.45) is 5.78. The number of nitrogens with zero attached hydrogens (tertiary/aromatic N) is 5. The Morgan fingerprint density at radius 3 is 2.76 bits per heavy atom. The van der Waals surface area contributed by atoms with Crippen LogP contribution in [0.5, 0.6) is 0 Å². The Labute approximate surface area is 164 Å². The molecule has 0 spiro atoms. The summed E-state index contributed by atoms with van der Waals surface area (Å²) in [5.41, 5.74) is 0.636. The Balaban J connectivity index is 1.27. The van der Waals surface area contributed by atoms with Gasteiger partial charge in [-0.25, -0.2) is 13.8 Å². The molecule has 1 aromatic carbocycles. The molecule has 1 fully saturated rings. The maximum atomic E-state index is 13.3. The van der Waals surface area contributed by atoms with Crippen molar-refractivity contribution in [1.29, 1.82) is 0 Å². The Morgan fingerprint density at radius 1 is 1.21 bits per heavy atom. The first-order valence-electron chi connectivity index (χ1n) is 9.05. The maximum absolute atomic E-state index is 13.3. The van der Waals surface area contributed by atoms with E-state index in [4.69, 9.17) is 9.26 Å². The zero-order valence-corrected chi connectivity index (χ0v) is 15.3. The number of likely N-dealkylation sites (tertiary alicyclic amines) is 1. The fourth-order valence-electron chi connectivity index (χ4n) is 3.06. The van der Waals surface area contributed by atoms with E-state index in [1.807, 2.05) is 0 Å². The van der Waals surface area contributed by atoms with E-state index in [0.717, 1.165) is 12.1 Å². The molecule has 1 saturated heterocycles. The highest BCUT2D eigenvalue weighted by molar-refractivity contribution is 5.94. The van der Waals surface area contributed by atoms with Crippen LogP contribution in [-0.4, -0.2) is 50.1 Å². The fraction of sp³-hybridized carbons (Fsp3) is 0.316. The van der Waals surface area contributed by atoms with Crippen molar-refractivity contribution < 1.29 is 22.8 Å². The number of rotatable bonds is 5. The van der Waals surface area contributed by atoms with Gasteiger partial charge in [0, 0.05) is 31.0 Å². The van der Waals surface area contributed by atoms with Crippen LogP contribution < -0.4 is 0 Å². The summed E-state index contributed by atoms with van der Waals surface area (Å²) in [4.78, 5) is 26.3. The van der Waals surface area contributed by atoms with Gasteiger partial charge in [-0.15, -0.1) is 0 Å². The lowest BCUT2D eigenvalue weighted by molar-refractivity contribution is -0.00979. The van der Waals surface area contributed by atoms with Crippen LogP contribution in [0.4, 0.5) is 8.78 Å². The zero-order chi connectivity index (χ0) is 20.2. The van der Waals surface area contributed by atoms with Crippen molar-refractivity contribution >= 4 is 5.91 Å². The van der Waals surface area contributed by atoms with Crippen molar-refractivity contribution in [3.63, 3.8) is 0 Å². The van der Waals surface area contributed by atoms with Crippen LogP contribution in [0.3, 0.4) is 0 Å². The molecule has 3 heterocycles. The highest BCUT2D eigenvalue weighted by Gasteiger charge is 2.25. The Kier molecular flexibility index (Phi) is 5.52. The molecule has 150 valence electrons. The molecular weight excluding hydrogens is 384 g/mol. The smallest absolute Gasteiger partial charge is 0.253 e. The van der Waals surface area contributed by atoms with Crippen LogP contribution in [0.15, 0.2) is 41.3 Å². The van der Waals surface area contributed by atoms with Crippen LogP contribution in [0.1, 0.15) is 29.1 Å². The molecule has 0 aliphatic carbocycles. The summed E-state index contributed by atoms with van der Waals surface area (Å²) < 4.78 is 37.4. The molecule has 29 heavy (non-hydrogen) atoms. The molecule has 2 aromatic heterocycles. The van der Waals surface area contributed by atoms with Crippen molar-refractivity contribution in [1.82, 2.24) is 25.0 Å². The summed E-state index contributed by atoms with van der Waals surface area (Å²) in [6, 6.07) is 3.16. The summed E-state index contributed by atoms with van der Waals surface area (Å²) in [6.45, 7) is 1.06. The lowest BCUT2D eigenvalue weighted by Crippen LogP contribution is -2.40. The quantitative estimate of drug-likeness (QED) is 0.649. The number of aromatic nitrogens is 4. The average Bonchev–Trinajstić information content (AvgIpc) is 3.24. The molecule has 0 bridgehead atoms. The van der Waals surface area contributed by atoms with Gasteiger partial charge in [0.25, 0.3) is 11.8 Å². The maximum Gasteiger partial charge on any atom is 0.253 e. The Bertz CT molecular complexity index is 991. The Morgan fingerprint density at radius 2 is 2.03 bits per heavy atom. The largest absolute Gasteiger partial charge is 0.368 e. The predicted molar refractivity (Wildman–Crippen MR) is 95.4 cm³/mol. The normalized spacial score (nSPS) is 14.9. The van der Waals surface area contributed by atoms with Crippen LogP contribution >= 0.6 is 0 Å². The van der Waals surface area contributed by atoms with Gasteiger partial charge in [-0.1, -0.05) is 5.16 Å². The van der Waals surface area contributed by atoms with E-state index in [0.29, 0.717) is 43.3 Å². The highest BCUT2D eigenvalue weighted by Crippen LogP contribution is 2.19. The van der Waals surface area contributed by atoms with Crippen molar-refractivity contribution in [2.45, 2.75) is 25.6 Å². The molecule has 10 heteroatoms. The number of benzene rings is 1. The zero-order valence-electron chi connectivity index (χ0n) is 15.3. The van der Waals surface area contributed by atoms with E-state index in [-0.39, 0.29) is 24.2 Å². The first kappa shape index (κ1) is 19.1. The minimum Gasteiger partial charge on any atom is -0.368 e. The van der Waals surface area contributed by atoms with Gasteiger partial charge in [-0.3, -0.25) is 9.78 Å². The summed E-state index contributed by atoms with van der Waals surface area (Å²) in [5, 5.41) is 3.85. The topological polar surface area (TPSA) is 94.2 Å². The van der Waals surface area contributed by atoms with Gasteiger partial charge in [-0.2, -0.15) is 4.98 Å². The van der Waals surface area contributed by atoms with Crippen LogP contribution in [0.25, 0.3) is 11.5 Å². The first-order valence-corrected chi connectivity index (χ1v) is 9.05. The fourth-order valence-corrected chi connectivity index (χ4v) is 3.06. The molecule has 1 amide bonds. The van der Waals surface area contributed by atoms with E-state index in [1.54, 1.807) is 11.1 Å². The summed E-state index contributed by atoms with van der Waals surface area (Å²) in [7, 11) is 0. The average molecular weight is 401 g/mol. The number of carbonyl (C=O) groups is 1. The second kappa shape index (κ2) is 8.39. The van der Waals surface area contributed by atoms with Gasteiger partial charge in [0.05, 0.1) is 12.3 Å². The molecule has 8 nitrogen and oxygen atoms in total. The minimum atomic E-state index is -1.03. The monoisotopic (exact) mass is 401 g/mol. The second-order valence-corrected chi connectivity index (χ2v) is 6.53. The molecule has 0 unspecified atom stereocenters. The van der Waals surface area contributed by atoms with Crippen molar-refractivity contribution in [3.8, 4) is 11.5 Å². The van der Waals surface area contributed by atoms with Crippen LogP contribution in [0, 0.1) is 11.6 Å². The van der Waals surface area contributed by atoms with Gasteiger partial charge in [0.1, 0.15) is 12.3 Å². The second-order valence-electron chi connectivity index (χ2n) is 6.53. The van der Waals surface area contributed by atoms with E-state index < -0.39 is 11.6 Å². The molecule has 0 saturated carbocycles. The minimum absolute atomic E-state index is 0.0733. The number of halogens is 2.